The smallest absolute Gasteiger partial charge is 0.165 e. The highest BCUT2D eigenvalue weighted by atomic mass is 35.5. The van der Waals surface area contributed by atoms with E-state index in [1.54, 1.807) is 43.9 Å². The molecule has 0 fully saturated rings. The molecule has 4 aromatic rings. The molecule has 0 radical (unpaired) electrons. The van der Waals surface area contributed by atoms with Crippen molar-refractivity contribution in [3.63, 3.8) is 0 Å². The number of aryl methyl sites for hydroxylation is 1. The zero-order chi connectivity index (χ0) is 30.3. The van der Waals surface area contributed by atoms with Crippen molar-refractivity contribution in [2.75, 3.05) is 13.6 Å². The second kappa shape index (κ2) is 13.4. The number of hydrogen-bond donors (Lipinski definition) is 3. The van der Waals surface area contributed by atoms with E-state index in [1.165, 1.54) is 0 Å². The Bertz CT molecular complexity index is 1600. The number of nitrogens with one attached hydrogen (secondary N) is 1. The van der Waals surface area contributed by atoms with Crippen LogP contribution >= 0.6 is 11.6 Å². The van der Waals surface area contributed by atoms with Crippen LogP contribution in [0.1, 0.15) is 30.7 Å². The number of carbonyl (C=O) groups excluding carboxylic acids is 1. The van der Waals surface area contributed by atoms with Crippen LogP contribution in [0, 0.1) is 17.5 Å². The molecule has 0 saturated heterocycles. The Morgan fingerprint density at radius 2 is 1.76 bits per heavy atom. The number of amidine groups is 1. The van der Waals surface area contributed by atoms with E-state index in [9.17, 15) is 18.0 Å². The number of nitrogens with zero attached hydrogens (tertiary/aromatic N) is 3. The number of halogens is 4. The Morgan fingerprint density at radius 3 is 2.37 bits per heavy atom. The van der Waals surface area contributed by atoms with Crippen molar-refractivity contribution in [1.82, 2.24) is 15.1 Å². The number of aromatic nitrogens is 2. The number of aldehydes is 1. The quantitative estimate of drug-likeness (QED) is 0.115. The van der Waals surface area contributed by atoms with Crippen molar-refractivity contribution < 1.29 is 18.0 Å². The Morgan fingerprint density at radius 1 is 1.10 bits per heavy atom. The third-order valence-corrected chi connectivity index (χ3v) is 6.87. The highest BCUT2D eigenvalue weighted by Gasteiger charge is 2.35. The number of nitrogens with two attached hydrogens (primary N) is 2. The zero-order valence-corrected chi connectivity index (χ0v) is 23.9. The largest absolute Gasteiger partial charge is 0.385 e. The third-order valence-electron chi connectivity index (χ3n) is 6.63. The van der Waals surface area contributed by atoms with Crippen molar-refractivity contribution >= 4 is 34.6 Å². The van der Waals surface area contributed by atoms with Crippen molar-refractivity contribution in [3.05, 3.63) is 111 Å². The summed E-state index contributed by atoms with van der Waals surface area (Å²) in [6.45, 7) is 4.34. The van der Waals surface area contributed by atoms with Gasteiger partial charge in [0.1, 0.15) is 23.8 Å². The summed E-state index contributed by atoms with van der Waals surface area (Å²) in [4.78, 5) is 15.8. The lowest BCUT2D eigenvalue weighted by Crippen LogP contribution is -2.40. The molecule has 4 rings (SSSR count). The fraction of sp³-hybridized carbons (Fsp3) is 0.233. The van der Waals surface area contributed by atoms with Crippen molar-refractivity contribution in [2.24, 2.45) is 23.5 Å². The summed E-state index contributed by atoms with van der Waals surface area (Å²) in [5.74, 6) is -2.44. The van der Waals surface area contributed by atoms with E-state index in [4.69, 9.17) is 23.1 Å². The van der Waals surface area contributed by atoms with E-state index in [2.05, 4.69) is 15.4 Å². The number of carbonyl (C=O) groups is 1. The van der Waals surface area contributed by atoms with Gasteiger partial charge in [0.05, 0.1) is 22.2 Å². The lowest BCUT2D eigenvalue weighted by molar-refractivity contribution is -0.111. The minimum Gasteiger partial charge on any atom is -0.385 e. The van der Waals surface area contributed by atoms with Crippen LogP contribution in [0.5, 0.6) is 0 Å². The highest BCUT2D eigenvalue weighted by molar-refractivity contribution is 6.31. The number of benzene rings is 3. The van der Waals surface area contributed by atoms with Gasteiger partial charge >= 0.3 is 0 Å². The van der Waals surface area contributed by atoms with Crippen LogP contribution in [-0.4, -0.2) is 35.5 Å². The minimum absolute atomic E-state index is 0.146. The summed E-state index contributed by atoms with van der Waals surface area (Å²) < 4.78 is 42.3. The molecule has 11 heteroatoms. The molecule has 3 aromatic carbocycles. The molecule has 0 aliphatic heterocycles. The standard InChI is InChI=1S/C15H10ClF3N2.C15H22N4O/c1-21-14-5-2-8(16)6-10(14)13(20-21)7-9-11(17)3-4-12(18)15(9)19;1-4-19-14(17)12(13(16)18-3)15(2,10-20)11-8-6-5-7-9-11/h2-6H,7H2,1H3;5-10,19H,4,17H2,1-3H3,(H2,16,18)/b;14-12-. The van der Waals surface area contributed by atoms with Gasteiger partial charge in [-0.1, -0.05) is 41.9 Å². The molecule has 1 unspecified atom stereocenters. The molecule has 0 aliphatic carbocycles. The van der Waals surface area contributed by atoms with Gasteiger partial charge in [0, 0.05) is 43.0 Å². The van der Waals surface area contributed by atoms with Crippen LogP contribution in [0.15, 0.2) is 77.1 Å². The van der Waals surface area contributed by atoms with Gasteiger partial charge in [-0.3, -0.25) is 9.67 Å². The lowest BCUT2D eigenvalue weighted by Gasteiger charge is -2.28. The van der Waals surface area contributed by atoms with E-state index >= 15 is 0 Å². The van der Waals surface area contributed by atoms with Crippen LogP contribution < -0.4 is 16.8 Å². The van der Waals surface area contributed by atoms with Crippen LogP contribution in [-0.2, 0) is 23.7 Å². The van der Waals surface area contributed by atoms with Gasteiger partial charge in [0.2, 0.25) is 0 Å². The van der Waals surface area contributed by atoms with Crippen molar-refractivity contribution in [1.29, 1.82) is 0 Å². The first-order valence-corrected chi connectivity index (χ1v) is 13.1. The maximum Gasteiger partial charge on any atom is 0.165 e. The summed E-state index contributed by atoms with van der Waals surface area (Å²) >= 11 is 5.95. The molecule has 0 aliphatic rings. The minimum atomic E-state index is -1.18. The molecular formula is C30H32ClF3N6O. The lowest BCUT2D eigenvalue weighted by atomic mass is 9.76. The predicted molar refractivity (Wildman–Crippen MR) is 157 cm³/mol. The number of fused-ring (bicyclic) bond motifs is 1. The Hall–Kier alpha value is -4.31. The predicted octanol–water partition coefficient (Wildman–Crippen LogP) is 5.14. The van der Waals surface area contributed by atoms with E-state index in [0.29, 0.717) is 34.0 Å². The first kappa shape index (κ1) is 31.2. The van der Waals surface area contributed by atoms with Gasteiger partial charge in [-0.05, 0) is 49.7 Å². The Labute approximate surface area is 241 Å². The average Bonchev–Trinajstić information content (AvgIpc) is 3.27. The third kappa shape index (κ3) is 6.71. The molecule has 7 nitrogen and oxygen atoms in total. The molecule has 1 heterocycles. The zero-order valence-electron chi connectivity index (χ0n) is 23.2. The fourth-order valence-corrected chi connectivity index (χ4v) is 4.64. The van der Waals surface area contributed by atoms with E-state index < -0.39 is 22.9 Å². The van der Waals surface area contributed by atoms with Gasteiger partial charge in [0.15, 0.2) is 11.6 Å². The first-order valence-electron chi connectivity index (χ1n) is 12.7. The van der Waals surface area contributed by atoms with E-state index in [0.717, 1.165) is 29.5 Å². The summed E-state index contributed by atoms with van der Waals surface area (Å²) in [6.07, 6.45) is 0.701. The second-order valence-corrected chi connectivity index (χ2v) is 9.78. The summed E-state index contributed by atoms with van der Waals surface area (Å²) in [6, 6.07) is 16.2. The van der Waals surface area contributed by atoms with Crippen LogP contribution in [0.4, 0.5) is 13.2 Å². The van der Waals surface area contributed by atoms with Crippen molar-refractivity contribution in [2.45, 2.75) is 25.7 Å². The van der Waals surface area contributed by atoms with Crippen LogP contribution in [0.3, 0.4) is 0 Å². The number of aliphatic imine (C=N–C) groups is 1. The monoisotopic (exact) mass is 584 g/mol. The molecule has 0 spiro atoms. The van der Waals surface area contributed by atoms with Crippen molar-refractivity contribution in [3.8, 4) is 0 Å². The second-order valence-electron chi connectivity index (χ2n) is 9.34. The fourth-order valence-electron chi connectivity index (χ4n) is 4.47. The molecule has 0 saturated carbocycles. The molecule has 1 aromatic heterocycles. The molecule has 5 N–H and O–H groups in total. The number of rotatable bonds is 8. The van der Waals surface area contributed by atoms with E-state index in [-0.39, 0.29) is 17.8 Å². The molecule has 216 valence electrons. The topological polar surface area (TPSA) is 111 Å². The summed E-state index contributed by atoms with van der Waals surface area (Å²) in [7, 11) is 3.29. The SMILES string of the molecule is CCN/C(N)=C(/C(N)=NC)C(C)(C=O)c1ccccc1.Cn1nc(Cc2c(F)ccc(F)c2F)c2cc(Cl)ccc21. The summed E-state index contributed by atoms with van der Waals surface area (Å²) in [5.41, 5.74) is 13.3. The molecular weight excluding hydrogens is 553 g/mol. The van der Waals surface area contributed by atoms with E-state index in [1.807, 2.05) is 37.3 Å². The molecule has 1 atom stereocenters. The maximum atomic E-state index is 13.8. The highest BCUT2D eigenvalue weighted by Crippen LogP contribution is 2.31. The first-order chi connectivity index (χ1) is 19.5. The van der Waals surface area contributed by atoms with Gasteiger partial charge in [-0.2, -0.15) is 5.10 Å². The Balaban J connectivity index is 0.000000226. The Kier molecular flexibility index (Phi) is 10.2. The number of hydrogen-bond acceptors (Lipinski definition) is 5. The van der Waals surface area contributed by atoms with Gasteiger partial charge in [0.25, 0.3) is 0 Å². The van der Waals surface area contributed by atoms with Crippen LogP contribution in [0.2, 0.25) is 5.02 Å². The molecule has 41 heavy (non-hydrogen) atoms. The molecule has 0 amide bonds. The molecule has 0 bridgehead atoms. The maximum absolute atomic E-state index is 13.8. The summed E-state index contributed by atoms with van der Waals surface area (Å²) in [5, 5.41) is 8.43. The van der Waals surface area contributed by atoms with Gasteiger partial charge in [-0.15, -0.1) is 0 Å². The van der Waals surface area contributed by atoms with Crippen LogP contribution in [0.25, 0.3) is 10.9 Å². The normalized spacial score (nSPS) is 13.6. The average molecular weight is 585 g/mol. The van der Waals surface area contributed by atoms with Gasteiger partial charge < -0.3 is 21.6 Å². The van der Waals surface area contributed by atoms with Gasteiger partial charge in [-0.25, -0.2) is 13.2 Å².